The average Bonchev–Trinajstić information content (AvgIpc) is 2.67. The van der Waals surface area contributed by atoms with Gasteiger partial charge in [-0.2, -0.15) is 0 Å². The molecule has 0 spiro atoms. The van der Waals surface area contributed by atoms with Crippen LogP contribution in [0.15, 0.2) is 36.7 Å². The number of hydrogen-bond acceptors (Lipinski definition) is 3. The van der Waals surface area contributed by atoms with Crippen LogP contribution in [0.3, 0.4) is 0 Å². The first-order valence-corrected chi connectivity index (χ1v) is 9.35. The minimum Gasteiger partial charge on any atom is -0.494 e. The molecule has 0 bridgehead atoms. The third kappa shape index (κ3) is 4.14. The van der Waals surface area contributed by atoms with Gasteiger partial charge in [0.2, 0.25) is 0 Å². The predicted molar refractivity (Wildman–Crippen MR) is 98.2 cm³/mol. The fourth-order valence-corrected chi connectivity index (χ4v) is 3.52. The Morgan fingerprint density at radius 3 is 2.21 bits per heavy atom. The molecule has 1 fully saturated rings. The molecule has 1 saturated carbocycles. The molecule has 24 heavy (non-hydrogen) atoms. The molecule has 0 radical (unpaired) electrons. The van der Waals surface area contributed by atoms with E-state index in [-0.39, 0.29) is 0 Å². The van der Waals surface area contributed by atoms with Crippen molar-refractivity contribution in [2.24, 2.45) is 5.92 Å². The van der Waals surface area contributed by atoms with Gasteiger partial charge in [-0.25, -0.2) is 9.97 Å². The number of rotatable bonds is 6. The Morgan fingerprint density at radius 2 is 1.62 bits per heavy atom. The van der Waals surface area contributed by atoms with Crippen molar-refractivity contribution in [2.75, 3.05) is 6.61 Å². The van der Waals surface area contributed by atoms with Crippen LogP contribution < -0.4 is 4.74 Å². The van der Waals surface area contributed by atoms with Crippen molar-refractivity contribution >= 4 is 0 Å². The minimum absolute atomic E-state index is 0.645. The molecule has 1 aliphatic carbocycles. The molecule has 0 unspecified atom stereocenters. The van der Waals surface area contributed by atoms with Gasteiger partial charge in [0.25, 0.3) is 0 Å². The summed E-state index contributed by atoms with van der Waals surface area (Å²) in [7, 11) is 0. The summed E-state index contributed by atoms with van der Waals surface area (Å²) in [5.74, 6) is 3.27. The maximum absolute atomic E-state index is 5.62. The van der Waals surface area contributed by atoms with Crippen LogP contribution in [0.25, 0.3) is 11.4 Å². The van der Waals surface area contributed by atoms with Gasteiger partial charge in [-0.3, -0.25) is 0 Å². The molecule has 1 aromatic heterocycles. The van der Waals surface area contributed by atoms with Crippen molar-refractivity contribution in [3.8, 4) is 17.1 Å². The number of hydrogen-bond donors (Lipinski definition) is 0. The Morgan fingerprint density at radius 1 is 0.958 bits per heavy atom. The largest absolute Gasteiger partial charge is 0.494 e. The third-order valence-electron chi connectivity index (χ3n) is 5.15. The summed E-state index contributed by atoms with van der Waals surface area (Å²) in [4.78, 5) is 9.21. The molecule has 0 amide bonds. The highest BCUT2D eigenvalue weighted by molar-refractivity contribution is 5.56. The van der Waals surface area contributed by atoms with E-state index in [0.717, 1.165) is 36.1 Å². The van der Waals surface area contributed by atoms with Crippen LogP contribution >= 0.6 is 0 Å². The summed E-state index contributed by atoms with van der Waals surface area (Å²) in [6.45, 7) is 5.17. The van der Waals surface area contributed by atoms with Gasteiger partial charge in [-0.15, -0.1) is 0 Å². The van der Waals surface area contributed by atoms with Crippen molar-refractivity contribution < 1.29 is 4.74 Å². The van der Waals surface area contributed by atoms with E-state index in [1.54, 1.807) is 0 Å². The SMILES string of the molecule is CCCOc1ccc(-c2ncc(C3CCC(CC)CC3)cn2)cc1. The number of aromatic nitrogens is 2. The Balaban J connectivity index is 1.64. The van der Waals surface area contributed by atoms with Crippen LogP contribution in [-0.2, 0) is 0 Å². The highest BCUT2D eigenvalue weighted by Crippen LogP contribution is 2.36. The van der Waals surface area contributed by atoms with Gasteiger partial charge in [-0.05, 0) is 73.8 Å². The standard InChI is InChI=1S/C21H28N2O/c1-3-13-24-20-11-9-18(10-12-20)21-22-14-19(15-23-21)17-7-5-16(4-2)6-8-17/h9-12,14-17H,3-8,13H2,1-2H3. The smallest absolute Gasteiger partial charge is 0.159 e. The van der Waals surface area contributed by atoms with Crippen LogP contribution in [-0.4, -0.2) is 16.6 Å². The van der Waals surface area contributed by atoms with Crippen LogP contribution in [0.5, 0.6) is 5.75 Å². The first-order chi connectivity index (χ1) is 11.8. The highest BCUT2D eigenvalue weighted by atomic mass is 16.5. The molecule has 0 aliphatic heterocycles. The van der Waals surface area contributed by atoms with Crippen molar-refractivity contribution in [3.05, 3.63) is 42.2 Å². The molecular formula is C21H28N2O. The number of ether oxygens (including phenoxy) is 1. The predicted octanol–water partition coefficient (Wildman–Crippen LogP) is 5.62. The van der Waals surface area contributed by atoms with Crippen molar-refractivity contribution in [1.82, 2.24) is 9.97 Å². The average molecular weight is 324 g/mol. The molecule has 3 heteroatoms. The maximum atomic E-state index is 5.62. The molecule has 0 saturated heterocycles. The molecular weight excluding hydrogens is 296 g/mol. The Bertz CT molecular complexity index is 613. The number of nitrogens with zero attached hydrogens (tertiary/aromatic N) is 2. The van der Waals surface area contributed by atoms with Gasteiger partial charge in [-0.1, -0.05) is 20.3 Å². The third-order valence-corrected chi connectivity index (χ3v) is 5.15. The Kier molecular flexibility index (Phi) is 5.84. The Hall–Kier alpha value is -1.90. The monoisotopic (exact) mass is 324 g/mol. The van der Waals surface area contributed by atoms with Gasteiger partial charge in [0.05, 0.1) is 6.61 Å². The van der Waals surface area contributed by atoms with Crippen LogP contribution in [0.2, 0.25) is 0 Å². The summed E-state index contributed by atoms with van der Waals surface area (Å²) in [6.07, 6.45) is 11.7. The van der Waals surface area contributed by atoms with Crippen LogP contribution in [0, 0.1) is 5.92 Å². The second-order valence-corrected chi connectivity index (χ2v) is 6.84. The fourth-order valence-electron chi connectivity index (χ4n) is 3.52. The lowest BCUT2D eigenvalue weighted by atomic mass is 9.78. The molecule has 0 atom stereocenters. The zero-order chi connectivity index (χ0) is 16.8. The molecule has 1 aromatic carbocycles. The normalized spacial score (nSPS) is 20.8. The molecule has 1 heterocycles. The van der Waals surface area contributed by atoms with Crippen molar-refractivity contribution in [3.63, 3.8) is 0 Å². The molecule has 3 nitrogen and oxygen atoms in total. The van der Waals surface area contributed by atoms with Crippen LogP contribution in [0.1, 0.15) is 63.9 Å². The summed E-state index contributed by atoms with van der Waals surface area (Å²) >= 11 is 0. The van der Waals surface area contributed by atoms with E-state index < -0.39 is 0 Å². The second-order valence-electron chi connectivity index (χ2n) is 6.84. The summed E-state index contributed by atoms with van der Waals surface area (Å²) in [5, 5.41) is 0. The molecule has 3 rings (SSSR count). The lowest BCUT2D eigenvalue weighted by molar-refractivity contribution is 0.317. The maximum Gasteiger partial charge on any atom is 0.159 e. The fraction of sp³-hybridized carbons (Fsp3) is 0.524. The van der Waals surface area contributed by atoms with Gasteiger partial charge in [0.1, 0.15) is 5.75 Å². The molecule has 2 aromatic rings. The lowest BCUT2D eigenvalue weighted by Crippen LogP contribution is -2.13. The van der Waals surface area contributed by atoms with E-state index in [0.29, 0.717) is 5.92 Å². The molecule has 0 N–H and O–H groups in total. The Labute approximate surface area is 145 Å². The minimum atomic E-state index is 0.645. The van der Waals surface area contributed by atoms with Gasteiger partial charge in [0.15, 0.2) is 5.82 Å². The first-order valence-electron chi connectivity index (χ1n) is 9.35. The summed E-state index contributed by atoms with van der Waals surface area (Å²) in [5.41, 5.74) is 2.34. The van der Waals surface area contributed by atoms with Crippen molar-refractivity contribution in [1.29, 1.82) is 0 Å². The van der Waals surface area contributed by atoms with Gasteiger partial charge < -0.3 is 4.74 Å². The quantitative estimate of drug-likeness (QED) is 0.692. The van der Waals surface area contributed by atoms with E-state index in [4.69, 9.17) is 4.74 Å². The van der Waals surface area contributed by atoms with Gasteiger partial charge in [0, 0.05) is 18.0 Å². The lowest BCUT2D eigenvalue weighted by Gasteiger charge is -2.27. The summed E-state index contributed by atoms with van der Waals surface area (Å²) < 4.78 is 5.62. The first kappa shape index (κ1) is 16.9. The topological polar surface area (TPSA) is 35.0 Å². The van der Waals surface area contributed by atoms with E-state index in [1.807, 2.05) is 36.7 Å². The molecule has 1 aliphatic rings. The van der Waals surface area contributed by atoms with Crippen molar-refractivity contribution in [2.45, 2.75) is 58.3 Å². The second kappa shape index (κ2) is 8.27. The highest BCUT2D eigenvalue weighted by Gasteiger charge is 2.21. The molecule has 128 valence electrons. The van der Waals surface area contributed by atoms with E-state index in [1.165, 1.54) is 37.7 Å². The number of benzene rings is 1. The van der Waals surface area contributed by atoms with E-state index in [9.17, 15) is 0 Å². The van der Waals surface area contributed by atoms with E-state index >= 15 is 0 Å². The summed E-state index contributed by atoms with van der Waals surface area (Å²) in [6, 6.07) is 8.06. The zero-order valence-electron chi connectivity index (χ0n) is 14.9. The van der Waals surface area contributed by atoms with Crippen LogP contribution in [0.4, 0.5) is 0 Å². The zero-order valence-corrected chi connectivity index (χ0v) is 14.9. The van der Waals surface area contributed by atoms with Gasteiger partial charge >= 0.3 is 0 Å². The van der Waals surface area contributed by atoms with E-state index in [2.05, 4.69) is 23.8 Å².